The van der Waals surface area contributed by atoms with E-state index in [0.29, 0.717) is 19.6 Å². The molecule has 0 aromatic rings. The van der Waals surface area contributed by atoms with Crippen LogP contribution in [-0.2, 0) is 9.53 Å². The van der Waals surface area contributed by atoms with Crippen molar-refractivity contribution in [3.05, 3.63) is 0 Å². The first-order chi connectivity index (χ1) is 6.36. The lowest BCUT2D eigenvalue weighted by atomic mass is 9.77. The Bertz CT molecular complexity index is 209. The Balaban J connectivity index is 2.57. The summed E-state index contributed by atoms with van der Waals surface area (Å²) < 4.78 is 5.21. The molecule has 0 radical (unpaired) electrons. The molecule has 1 rings (SSSR count). The van der Waals surface area contributed by atoms with Crippen LogP contribution in [0, 0.1) is 10.8 Å². The molecule has 1 atom stereocenters. The fourth-order valence-corrected chi connectivity index (χ4v) is 1.69. The average Bonchev–Trinajstić information content (AvgIpc) is 2.48. The first-order valence-corrected chi connectivity index (χ1v) is 5.17. The van der Waals surface area contributed by atoms with Crippen molar-refractivity contribution in [1.82, 2.24) is 0 Å². The molecule has 0 aromatic heterocycles. The van der Waals surface area contributed by atoms with Crippen molar-refractivity contribution in [1.29, 1.82) is 0 Å². The summed E-state index contributed by atoms with van der Waals surface area (Å²) in [4.78, 5) is 11.2. The molecule has 1 unspecified atom stereocenters. The Morgan fingerprint density at radius 1 is 1.50 bits per heavy atom. The van der Waals surface area contributed by atoms with Crippen LogP contribution in [0.3, 0.4) is 0 Å². The van der Waals surface area contributed by atoms with Crippen molar-refractivity contribution < 1.29 is 14.6 Å². The van der Waals surface area contributed by atoms with E-state index in [9.17, 15) is 9.90 Å². The number of carboxylic acids is 1. The normalized spacial score (nSPS) is 27.9. The van der Waals surface area contributed by atoms with Crippen molar-refractivity contribution >= 4 is 5.97 Å². The number of hydrogen-bond acceptors (Lipinski definition) is 2. The second-order valence-corrected chi connectivity index (χ2v) is 5.45. The van der Waals surface area contributed by atoms with Crippen LogP contribution in [0.4, 0.5) is 0 Å². The van der Waals surface area contributed by atoms with Crippen molar-refractivity contribution in [2.75, 3.05) is 13.2 Å². The number of carboxylic acid groups (broad SMARTS) is 1. The molecule has 0 spiro atoms. The predicted molar refractivity (Wildman–Crippen MR) is 54.2 cm³/mol. The van der Waals surface area contributed by atoms with Gasteiger partial charge in [0.1, 0.15) is 0 Å². The zero-order valence-electron chi connectivity index (χ0n) is 9.30. The summed E-state index contributed by atoms with van der Waals surface area (Å²) in [6, 6.07) is 0. The molecule has 3 nitrogen and oxygen atoms in total. The second-order valence-electron chi connectivity index (χ2n) is 5.45. The molecule has 0 bridgehead atoms. The SMILES string of the molecule is CC(C)(C)CCC1(C(=O)O)CCOC1. The zero-order chi connectivity index (χ0) is 10.8. The maximum atomic E-state index is 11.2. The number of ether oxygens (including phenoxy) is 1. The third kappa shape index (κ3) is 2.71. The summed E-state index contributed by atoms with van der Waals surface area (Å²) in [5.74, 6) is -0.695. The minimum absolute atomic E-state index is 0.199. The molecule has 1 aliphatic heterocycles. The topological polar surface area (TPSA) is 46.5 Å². The molecule has 3 heteroatoms. The second kappa shape index (κ2) is 3.89. The van der Waals surface area contributed by atoms with Gasteiger partial charge in [0, 0.05) is 6.61 Å². The molecule has 0 amide bonds. The molecule has 1 N–H and O–H groups in total. The van der Waals surface area contributed by atoms with Crippen molar-refractivity contribution in [3.63, 3.8) is 0 Å². The molecule has 1 fully saturated rings. The Labute approximate surface area is 85.5 Å². The highest BCUT2D eigenvalue weighted by Gasteiger charge is 2.42. The summed E-state index contributed by atoms with van der Waals surface area (Å²) in [7, 11) is 0. The maximum absolute atomic E-state index is 11.2. The number of hydrogen-bond donors (Lipinski definition) is 1. The number of carbonyl (C=O) groups is 1. The van der Waals surface area contributed by atoms with Gasteiger partial charge in [0.05, 0.1) is 12.0 Å². The van der Waals surface area contributed by atoms with E-state index >= 15 is 0 Å². The standard InChI is InChI=1S/C11H20O3/c1-10(2,3)4-5-11(9(12)13)6-7-14-8-11/h4-8H2,1-3H3,(H,12,13). The molecule has 1 heterocycles. The van der Waals surface area contributed by atoms with Crippen molar-refractivity contribution in [2.24, 2.45) is 10.8 Å². The van der Waals surface area contributed by atoms with Crippen LogP contribution in [0.1, 0.15) is 40.0 Å². The fourth-order valence-electron chi connectivity index (χ4n) is 1.69. The van der Waals surface area contributed by atoms with E-state index in [2.05, 4.69) is 20.8 Å². The van der Waals surface area contributed by atoms with Gasteiger partial charge < -0.3 is 9.84 Å². The van der Waals surface area contributed by atoms with Gasteiger partial charge in [-0.3, -0.25) is 4.79 Å². The fraction of sp³-hybridized carbons (Fsp3) is 0.909. The molecule has 1 aliphatic rings. The Kier molecular flexibility index (Phi) is 3.20. The lowest BCUT2D eigenvalue weighted by Gasteiger charge is -2.26. The Morgan fingerprint density at radius 3 is 2.50 bits per heavy atom. The molecule has 1 saturated heterocycles. The minimum atomic E-state index is -0.695. The summed E-state index contributed by atoms with van der Waals surface area (Å²) in [5, 5.41) is 9.18. The van der Waals surface area contributed by atoms with Gasteiger partial charge in [0.2, 0.25) is 0 Å². The van der Waals surface area contributed by atoms with Gasteiger partial charge in [-0.2, -0.15) is 0 Å². The first kappa shape index (κ1) is 11.5. The van der Waals surface area contributed by atoms with Crippen LogP contribution in [-0.4, -0.2) is 24.3 Å². The van der Waals surface area contributed by atoms with Gasteiger partial charge >= 0.3 is 5.97 Å². The van der Waals surface area contributed by atoms with Crippen LogP contribution in [0.2, 0.25) is 0 Å². The smallest absolute Gasteiger partial charge is 0.312 e. The zero-order valence-corrected chi connectivity index (χ0v) is 9.30. The molecule has 0 saturated carbocycles. The van der Waals surface area contributed by atoms with Gasteiger partial charge in [-0.25, -0.2) is 0 Å². The highest BCUT2D eigenvalue weighted by atomic mass is 16.5. The minimum Gasteiger partial charge on any atom is -0.481 e. The molecule has 14 heavy (non-hydrogen) atoms. The third-order valence-electron chi connectivity index (χ3n) is 2.91. The highest BCUT2D eigenvalue weighted by Crippen LogP contribution is 2.37. The van der Waals surface area contributed by atoms with Gasteiger partial charge in [-0.1, -0.05) is 20.8 Å². The van der Waals surface area contributed by atoms with Crippen LogP contribution < -0.4 is 0 Å². The molecule has 0 aromatic carbocycles. The quantitative estimate of drug-likeness (QED) is 0.760. The van der Waals surface area contributed by atoms with Gasteiger partial charge in [0.15, 0.2) is 0 Å². The van der Waals surface area contributed by atoms with E-state index in [1.54, 1.807) is 0 Å². The summed E-state index contributed by atoms with van der Waals surface area (Å²) >= 11 is 0. The number of aliphatic carboxylic acids is 1. The highest BCUT2D eigenvalue weighted by molar-refractivity contribution is 5.75. The Morgan fingerprint density at radius 2 is 2.14 bits per heavy atom. The van der Waals surface area contributed by atoms with Gasteiger partial charge in [0.25, 0.3) is 0 Å². The maximum Gasteiger partial charge on any atom is 0.312 e. The third-order valence-corrected chi connectivity index (χ3v) is 2.91. The number of rotatable bonds is 3. The molecular weight excluding hydrogens is 180 g/mol. The van der Waals surface area contributed by atoms with Crippen molar-refractivity contribution in [2.45, 2.75) is 40.0 Å². The summed E-state index contributed by atoms with van der Waals surface area (Å²) in [6.45, 7) is 7.39. The monoisotopic (exact) mass is 200 g/mol. The average molecular weight is 200 g/mol. The van der Waals surface area contributed by atoms with Crippen LogP contribution >= 0.6 is 0 Å². The Hall–Kier alpha value is -0.570. The van der Waals surface area contributed by atoms with Crippen molar-refractivity contribution in [3.8, 4) is 0 Å². The van der Waals surface area contributed by atoms with Gasteiger partial charge in [-0.15, -0.1) is 0 Å². The van der Waals surface area contributed by atoms with E-state index in [0.717, 1.165) is 12.8 Å². The summed E-state index contributed by atoms with van der Waals surface area (Å²) in [6.07, 6.45) is 2.33. The molecular formula is C11H20O3. The lowest BCUT2D eigenvalue weighted by molar-refractivity contribution is -0.149. The van der Waals surface area contributed by atoms with E-state index in [1.165, 1.54) is 0 Å². The summed E-state index contributed by atoms with van der Waals surface area (Å²) in [5.41, 5.74) is -0.404. The van der Waals surface area contributed by atoms with E-state index in [1.807, 2.05) is 0 Å². The van der Waals surface area contributed by atoms with Crippen LogP contribution in [0.5, 0.6) is 0 Å². The molecule has 82 valence electrons. The largest absolute Gasteiger partial charge is 0.481 e. The van der Waals surface area contributed by atoms with Crippen LogP contribution in [0.25, 0.3) is 0 Å². The first-order valence-electron chi connectivity index (χ1n) is 5.17. The van der Waals surface area contributed by atoms with Gasteiger partial charge in [-0.05, 0) is 24.7 Å². The van der Waals surface area contributed by atoms with E-state index < -0.39 is 11.4 Å². The van der Waals surface area contributed by atoms with E-state index in [4.69, 9.17) is 4.74 Å². The van der Waals surface area contributed by atoms with Crippen LogP contribution in [0.15, 0.2) is 0 Å². The van der Waals surface area contributed by atoms with E-state index in [-0.39, 0.29) is 5.41 Å². The lowest BCUT2D eigenvalue weighted by Crippen LogP contribution is -2.32. The predicted octanol–water partition coefficient (Wildman–Crippen LogP) is 2.30. The molecule has 0 aliphatic carbocycles.